The number of esters is 1. The number of fused-ring (bicyclic) bond motifs is 1. The highest BCUT2D eigenvalue weighted by Crippen LogP contribution is 2.39. The van der Waals surface area contributed by atoms with Crippen molar-refractivity contribution in [2.24, 2.45) is 0 Å². The molecule has 6 nitrogen and oxygen atoms in total. The maximum Gasteiger partial charge on any atom is 0.307 e. The maximum atomic E-state index is 11.9. The molecule has 0 bridgehead atoms. The van der Waals surface area contributed by atoms with Crippen molar-refractivity contribution in [3.05, 3.63) is 96.6 Å². The minimum atomic E-state index is -0.261. The summed E-state index contributed by atoms with van der Waals surface area (Å²) in [5.74, 6) is -0.261. The van der Waals surface area contributed by atoms with Crippen LogP contribution in [0.1, 0.15) is 29.9 Å². The van der Waals surface area contributed by atoms with Gasteiger partial charge in [0, 0.05) is 30.3 Å². The fourth-order valence-electron chi connectivity index (χ4n) is 4.48. The number of thiocarbonyl (C=S) groups is 1. The van der Waals surface area contributed by atoms with E-state index in [1.54, 1.807) is 6.20 Å². The molecular formula is C26H24N4O2S. The third kappa shape index (κ3) is 4.07. The molecule has 2 atom stereocenters. The van der Waals surface area contributed by atoms with E-state index in [4.69, 9.17) is 17.0 Å². The van der Waals surface area contributed by atoms with Crippen molar-refractivity contribution in [3.8, 4) is 5.69 Å². The number of pyridine rings is 1. The third-order valence-electron chi connectivity index (χ3n) is 6.08. The summed E-state index contributed by atoms with van der Waals surface area (Å²) in [6, 6.07) is 24.5. The lowest BCUT2D eigenvalue weighted by atomic mass is 10.0. The van der Waals surface area contributed by atoms with E-state index in [0.29, 0.717) is 11.7 Å². The van der Waals surface area contributed by atoms with Crippen molar-refractivity contribution in [2.75, 3.05) is 13.7 Å². The lowest BCUT2D eigenvalue weighted by molar-refractivity contribution is -0.140. The van der Waals surface area contributed by atoms with Crippen LogP contribution in [0.5, 0.6) is 0 Å². The van der Waals surface area contributed by atoms with E-state index in [1.165, 1.54) is 17.9 Å². The number of nitrogens with one attached hydrogen (secondary N) is 1. The highest BCUT2D eigenvalue weighted by Gasteiger charge is 2.41. The largest absolute Gasteiger partial charge is 0.469 e. The molecule has 2 unspecified atom stereocenters. The Hall–Kier alpha value is -3.71. The Balaban J connectivity index is 1.58. The molecule has 3 heterocycles. The second kappa shape index (κ2) is 9.03. The maximum absolute atomic E-state index is 11.9. The second-order valence-electron chi connectivity index (χ2n) is 7.98. The Morgan fingerprint density at radius 1 is 1.06 bits per heavy atom. The molecule has 166 valence electrons. The van der Waals surface area contributed by atoms with Crippen LogP contribution in [0.3, 0.4) is 0 Å². The van der Waals surface area contributed by atoms with Gasteiger partial charge in [-0.25, -0.2) is 0 Å². The van der Waals surface area contributed by atoms with Gasteiger partial charge in [-0.3, -0.25) is 9.78 Å². The molecule has 2 aromatic carbocycles. The predicted molar refractivity (Wildman–Crippen MR) is 132 cm³/mol. The molecule has 0 aliphatic carbocycles. The molecule has 33 heavy (non-hydrogen) atoms. The SMILES string of the molecule is COC(=O)CCN1C(=S)NC(c2ccccn2)C1c1cccn1-c1ccc2ccccc2c1. The van der Waals surface area contributed by atoms with Crippen LogP contribution < -0.4 is 5.32 Å². The van der Waals surface area contributed by atoms with Gasteiger partial charge in [0.25, 0.3) is 0 Å². The quantitative estimate of drug-likeness (QED) is 0.339. The first kappa shape index (κ1) is 21.2. The van der Waals surface area contributed by atoms with Crippen LogP contribution in [0, 0.1) is 0 Å². The molecule has 0 radical (unpaired) electrons. The molecule has 1 saturated heterocycles. The summed E-state index contributed by atoms with van der Waals surface area (Å²) in [4.78, 5) is 18.6. The van der Waals surface area contributed by atoms with Crippen molar-refractivity contribution in [1.82, 2.24) is 19.8 Å². The van der Waals surface area contributed by atoms with Gasteiger partial charge in [-0.1, -0.05) is 36.4 Å². The Morgan fingerprint density at radius 2 is 1.88 bits per heavy atom. The van der Waals surface area contributed by atoms with Gasteiger partial charge in [0.05, 0.1) is 31.3 Å². The van der Waals surface area contributed by atoms with Crippen molar-refractivity contribution in [1.29, 1.82) is 0 Å². The lowest BCUT2D eigenvalue weighted by Crippen LogP contribution is -2.32. The normalized spacial score (nSPS) is 17.8. The molecule has 1 N–H and O–H groups in total. The number of hydrogen-bond donors (Lipinski definition) is 1. The molecule has 0 saturated carbocycles. The summed E-state index contributed by atoms with van der Waals surface area (Å²) >= 11 is 5.71. The standard InChI is InChI=1S/C26H24N4O2S/c1-32-23(31)13-16-30-25(24(28-26(30)33)21-9-4-5-14-27-21)22-10-6-15-29(22)20-12-11-18-7-2-3-8-19(18)17-20/h2-12,14-15,17,24-25H,13,16H2,1H3,(H,28,33). The highest BCUT2D eigenvalue weighted by atomic mass is 32.1. The molecule has 1 fully saturated rings. The number of nitrogens with zero attached hydrogens (tertiary/aromatic N) is 3. The number of aromatic nitrogens is 2. The van der Waals surface area contributed by atoms with Gasteiger partial charge in [-0.2, -0.15) is 0 Å². The second-order valence-corrected chi connectivity index (χ2v) is 8.37. The summed E-state index contributed by atoms with van der Waals surface area (Å²) < 4.78 is 7.06. The first-order valence-corrected chi connectivity index (χ1v) is 11.3. The summed E-state index contributed by atoms with van der Waals surface area (Å²) in [7, 11) is 1.40. The van der Waals surface area contributed by atoms with Crippen molar-refractivity contribution in [3.63, 3.8) is 0 Å². The van der Waals surface area contributed by atoms with Crippen LogP contribution in [0.15, 0.2) is 85.2 Å². The van der Waals surface area contributed by atoms with Gasteiger partial charge >= 0.3 is 5.97 Å². The Bertz CT molecular complexity index is 1300. The molecule has 5 rings (SSSR count). The van der Waals surface area contributed by atoms with Crippen LogP contribution in [0.25, 0.3) is 16.5 Å². The van der Waals surface area contributed by atoms with Gasteiger partial charge in [0.2, 0.25) is 0 Å². The molecule has 2 aromatic heterocycles. The van der Waals surface area contributed by atoms with Gasteiger partial charge in [-0.15, -0.1) is 0 Å². The minimum absolute atomic E-state index is 0.140. The van der Waals surface area contributed by atoms with Gasteiger partial charge in [0.1, 0.15) is 0 Å². The monoisotopic (exact) mass is 456 g/mol. The molecule has 0 spiro atoms. The Kier molecular flexibility index (Phi) is 5.79. The summed E-state index contributed by atoms with van der Waals surface area (Å²) in [5.41, 5.74) is 3.04. The molecule has 7 heteroatoms. The van der Waals surface area contributed by atoms with E-state index >= 15 is 0 Å². The van der Waals surface area contributed by atoms with Crippen LogP contribution in [-0.4, -0.2) is 39.2 Å². The van der Waals surface area contributed by atoms with Crippen molar-refractivity contribution in [2.45, 2.75) is 18.5 Å². The van der Waals surface area contributed by atoms with E-state index in [9.17, 15) is 4.79 Å². The van der Waals surface area contributed by atoms with Gasteiger partial charge in [0.15, 0.2) is 5.11 Å². The fraction of sp³-hybridized carbons (Fsp3) is 0.192. The number of rotatable bonds is 6. The molecule has 1 aliphatic heterocycles. The molecule has 0 amide bonds. The lowest BCUT2D eigenvalue weighted by Gasteiger charge is -2.28. The fourth-order valence-corrected chi connectivity index (χ4v) is 4.81. The van der Waals surface area contributed by atoms with Crippen LogP contribution in [0.2, 0.25) is 0 Å². The summed E-state index contributed by atoms with van der Waals surface area (Å²) in [5, 5.41) is 6.42. The van der Waals surface area contributed by atoms with Crippen molar-refractivity contribution >= 4 is 34.1 Å². The van der Waals surface area contributed by atoms with E-state index in [1.807, 2.05) is 36.4 Å². The Morgan fingerprint density at radius 3 is 2.67 bits per heavy atom. The topological polar surface area (TPSA) is 59.4 Å². The third-order valence-corrected chi connectivity index (χ3v) is 6.43. The zero-order chi connectivity index (χ0) is 22.8. The molecule has 1 aliphatic rings. The number of carbonyl (C=O) groups excluding carboxylic acids is 1. The van der Waals surface area contributed by atoms with Crippen LogP contribution in [0.4, 0.5) is 0 Å². The zero-order valence-corrected chi connectivity index (χ0v) is 19.0. The molecular weight excluding hydrogens is 432 g/mol. The van der Waals surface area contributed by atoms with Crippen LogP contribution in [-0.2, 0) is 9.53 Å². The number of carbonyl (C=O) groups is 1. The number of benzene rings is 2. The molecule has 4 aromatic rings. The summed E-state index contributed by atoms with van der Waals surface area (Å²) in [6.45, 7) is 0.454. The first-order valence-electron chi connectivity index (χ1n) is 10.9. The zero-order valence-electron chi connectivity index (χ0n) is 18.2. The van der Waals surface area contributed by atoms with Crippen LogP contribution >= 0.6 is 12.2 Å². The van der Waals surface area contributed by atoms with Gasteiger partial charge in [-0.05, 0) is 59.4 Å². The number of hydrogen-bond acceptors (Lipinski definition) is 4. The smallest absolute Gasteiger partial charge is 0.307 e. The van der Waals surface area contributed by atoms with Gasteiger partial charge < -0.3 is 19.5 Å². The Labute approximate surface area is 197 Å². The van der Waals surface area contributed by atoms with E-state index < -0.39 is 0 Å². The average molecular weight is 457 g/mol. The predicted octanol–water partition coefficient (Wildman–Crippen LogP) is 4.56. The average Bonchev–Trinajstić information content (AvgIpc) is 3.47. The first-order chi connectivity index (χ1) is 16.2. The summed E-state index contributed by atoms with van der Waals surface area (Å²) in [6.07, 6.45) is 4.10. The van der Waals surface area contributed by atoms with Crippen molar-refractivity contribution < 1.29 is 9.53 Å². The number of ether oxygens (including phenoxy) is 1. The van der Waals surface area contributed by atoms with E-state index in [0.717, 1.165) is 17.1 Å². The van der Waals surface area contributed by atoms with E-state index in [-0.39, 0.29) is 24.5 Å². The highest BCUT2D eigenvalue weighted by molar-refractivity contribution is 7.80. The minimum Gasteiger partial charge on any atom is -0.469 e. The van der Waals surface area contributed by atoms with E-state index in [2.05, 4.69) is 62.4 Å². The number of methoxy groups -OCH3 is 1.